The van der Waals surface area contributed by atoms with Crippen LogP contribution in [0.3, 0.4) is 0 Å². The molecule has 1 heterocycles. The Balaban J connectivity index is 2.73. The third kappa shape index (κ3) is 1.43. The summed E-state index contributed by atoms with van der Waals surface area (Å²) in [6, 6.07) is 7.07. The Morgan fingerprint density at radius 3 is 2.92 bits per heavy atom. The Bertz CT molecular complexity index is 463. The Morgan fingerprint density at radius 1 is 1.31 bits per heavy atom. The van der Waals surface area contributed by atoms with E-state index in [2.05, 4.69) is 11.6 Å². The van der Waals surface area contributed by atoms with Gasteiger partial charge in [0.1, 0.15) is 5.82 Å². The molecule has 0 atom stereocenters. The maximum absolute atomic E-state index is 12.7. The summed E-state index contributed by atoms with van der Waals surface area (Å²) in [5.41, 5.74) is 1.78. The van der Waals surface area contributed by atoms with Crippen LogP contribution in [-0.4, -0.2) is 4.98 Å². The summed E-state index contributed by atoms with van der Waals surface area (Å²) in [7, 11) is 0. The lowest BCUT2D eigenvalue weighted by Gasteiger charge is -1.98. The fourth-order valence-electron chi connectivity index (χ4n) is 1.24. The predicted octanol–water partition coefficient (Wildman–Crippen LogP) is 3.02. The zero-order chi connectivity index (χ0) is 9.26. The first-order valence-electron chi connectivity index (χ1n) is 3.97. The molecule has 1 nitrogen and oxygen atoms in total. The Labute approximate surface area is 75.5 Å². The van der Waals surface area contributed by atoms with E-state index in [-0.39, 0.29) is 5.82 Å². The number of pyridine rings is 1. The number of nitrogens with zero attached hydrogens (tertiary/aromatic N) is 1. The third-order valence-electron chi connectivity index (χ3n) is 1.91. The Morgan fingerprint density at radius 2 is 2.15 bits per heavy atom. The van der Waals surface area contributed by atoms with Crippen LogP contribution in [0.15, 0.2) is 37.0 Å². The van der Waals surface area contributed by atoms with Gasteiger partial charge < -0.3 is 0 Å². The molecule has 1 aromatic heterocycles. The van der Waals surface area contributed by atoms with Crippen molar-refractivity contribution in [1.82, 2.24) is 4.98 Å². The number of fused-ring (bicyclic) bond motifs is 1. The van der Waals surface area contributed by atoms with E-state index in [1.54, 1.807) is 6.08 Å². The van der Waals surface area contributed by atoms with Crippen molar-refractivity contribution in [1.29, 1.82) is 0 Å². The molecule has 2 rings (SSSR count). The number of hydrogen-bond donors (Lipinski definition) is 0. The third-order valence-corrected chi connectivity index (χ3v) is 1.91. The molecule has 0 aliphatic carbocycles. The van der Waals surface area contributed by atoms with Crippen LogP contribution in [0.1, 0.15) is 5.56 Å². The number of aromatic nitrogens is 1. The molecule has 0 saturated heterocycles. The first-order chi connectivity index (χ1) is 6.29. The van der Waals surface area contributed by atoms with Gasteiger partial charge in [-0.1, -0.05) is 24.8 Å². The Hall–Kier alpha value is -1.70. The van der Waals surface area contributed by atoms with Gasteiger partial charge in [-0.05, 0) is 17.7 Å². The second kappa shape index (κ2) is 2.98. The Kier molecular flexibility index (Phi) is 1.81. The normalized spacial score (nSPS) is 10.2. The molecule has 2 aromatic rings. The zero-order valence-electron chi connectivity index (χ0n) is 7.00. The van der Waals surface area contributed by atoms with Crippen LogP contribution < -0.4 is 0 Å². The summed E-state index contributed by atoms with van der Waals surface area (Å²) < 4.78 is 12.7. The number of hydrogen-bond acceptors (Lipinski definition) is 1. The van der Waals surface area contributed by atoms with Gasteiger partial charge in [-0.3, -0.25) is 4.98 Å². The highest BCUT2D eigenvalue weighted by Gasteiger charge is 1.96. The summed E-state index contributed by atoms with van der Waals surface area (Å²) in [4.78, 5) is 3.97. The van der Waals surface area contributed by atoms with Crippen LogP contribution in [0.25, 0.3) is 17.0 Å². The molecular weight excluding hydrogens is 165 g/mol. The lowest BCUT2D eigenvalue weighted by atomic mass is 10.1. The largest absolute Gasteiger partial charge is 0.253 e. The molecule has 0 aliphatic rings. The van der Waals surface area contributed by atoms with Crippen LogP contribution >= 0.6 is 0 Å². The fraction of sp³-hybridized carbons (Fsp3) is 0. The summed E-state index contributed by atoms with van der Waals surface area (Å²) in [5, 5.41) is 0.811. The molecule has 64 valence electrons. The van der Waals surface area contributed by atoms with Crippen LogP contribution in [0, 0.1) is 5.82 Å². The standard InChI is InChI=1S/C11H8FN/c1-2-8-3-4-9-6-10(12)7-13-11(9)5-8/h2-7H,1H2. The molecular formula is C11H8FN. The van der Waals surface area contributed by atoms with Gasteiger partial charge >= 0.3 is 0 Å². The molecule has 0 N–H and O–H groups in total. The van der Waals surface area contributed by atoms with Crippen LogP contribution in [0.2, 0.25) is 0 Å². The average molecular weight is 173 g/mol. The number of halogens is 1. The number of benzene rings is 1. The van der Waals surface area contributed by atoms with Crippen LogP contribution in [-0.2, 0) is 0 Å². The van der Waals surface area contributed by atoms with E-state index in [9.17, 15) is 4.39 Å². The van der Waals surface area contributed by atoms with Gasteiger partial charge in [0, 0.05) is 5.39 Å². The second-order valence-electron chi connectivity index (χ2n) is 2.81. The SMILES string of the molecule is C=Cc1ccc2cc(F)cnc2c1. The molecule has 1 aromatic carbocycles. The minimum atomic E-state index is -0.307. The fourth-order valence-corrected chi connectivity index (χ4v) is 1.24. The van der Waals surface area contributed by atoms with Crippen molar-refractivity contribution >= 4 is 17.0 Å². The van der Waals surface area contributed by atoms with Gasteiger partial charge in [0.25, 0.3) is 0 Å². The molecule has 0 amide bonds. The molecule has 13 heavy (non-hydrogen) atoms. The van der Waals surface area contributed by atoms with Crippen molar-refractivity contribution in [2.75, 3.05) is 0 Å². The van der Waals surface area contributed by atoms with Crippen molar-refractivity contribution in [3.05, 3.63) is 48.4 Å². The van der Waals surface area contributed by atoms with Gasteiger partial charge in [-0.15, -0.1) is 0 Å². The molecule has 0 radical (unpaired) electrons. The predicted molar refractivity (Wildman–Crippen MR) is 51.8 cm³/mol. The van der Waals surface area contributed by atoms with Crippen molar-refractivity contribution < 1.29 is 4.39 Å². The molecule has 0 bridgehead atoms. The lowest BCUT2D eigenvalue weighted by Crippen LogP contribution is -1.82. The van der Waals surface area contributed by atoms with E-state index in [4.69, 9.17) is 0 Å². The van der Waals surface area contributed by atoms with E-state index >= 15 is 0 Å². The van der Waals surface area contributed by atoms with E-state index in [1.807, 2.05) is 18.2 Å². The zero-order valence-corrected chi connectivity index (χ0v) is 7.00. The highest BCUT2D eigenvalue weighted by Crippen LogP contribution is 2.15. The summed E-state index contributed by atoms with van der Waals surface area (Å²) in [6.45, 7) is 3.65. The summed E-state index contributed by atoms with van der Waals surface area (Å²) in [5.74, 6) is -0.307. The maximum atomic E-state index is 12.7. The van der Waals surface area contributed by atoms with Crippen LogP contribution in [0.5, 0.6) is 0 Å². The van der Waals surface area contributed by atoms with Gasteiger partial charge in [-0.2, -0.15) is 0 Å². The molecule has 0 spiro atoms. The topological polar surface area (TPSA) is 12.9 Å². The molecule has 0 unspecified atom stereocenters. The van der Waals surface area contributed by atoms with E-state index in [0.717, 1.165) is 16.5 Å². The molecule has 0 fully saturated rings. The minimum Gasteiger partial charge on any atom is -0.253 e. The van der Waals surface area contributed by atoms with Gasteiger partial charge in [0.15, 0.2) is 0 Å². The van der Waals surface area contributed by atoms with Gasteiger partial charge in [-0.25, -0.2) is 4.39 Å². The molecule has 0 aliphatic heterocycles. The smallest absolute Gasteiger partial charge is 0.142 e. The van der Waals surface area contributed by atoms with Gasteiger partial charge in [0.05, 0.1) is 11.7 Å². The van der Waals surface area contributed by atoms with Gasteiger partial charge in [0.2, 0.25) is 0 Å². The van der Waals surface area contributed by atoms with Crippen molar-refractivity contribution in [2.24, 2.45) is 0 Å². The van der Waals surface area contributed by atoms with Crippen molar-refractivity contribution in [3.8, 4) is 0 Å². The van der Waals surface area contributed by atoms with Crippen molar-refractivity contribution in [3.63, 3.8) is 0 Å². The lowest BCUT2D eigenvalue weighted by molar-refractivity contribution is 0.624. The monoisotopic (exact) mass is 173 g/mol. The van der Waals surface area contributed by atoms with E-state index in [0.29, 0.717) is 0 Å². The second-order valence-corrected chi connectivity index (χ2v) is 2.81. The van der Waals surface area contributed by atoms with Crippen LogP contribution in [0.4, 0.5) is 4.39 Å². The maximum Gasteiger partial charge on any atom is 0.142 e. The highest BCUT2D eigenvalue weighted by atomic mass is 19.1. The summed E-state index contributed by atoms with van der Waals surface area (Å²) >= 11 is 0. The molecule has 2 heteroatoms. The quantitative estimate of drug-likeness (QED) is 0.646. The average Bonchev–Trinajstić information content (AvgIpc) is 2.17. The first kappa shape index (κ1) is 7.92. The minimum absolute atomic E-state index is 0.307. The van der Waals surface area contributed by atoms with E-state index < -0.39 is 0 Å². The van der Waals surface area contributed by atoms with E-state index in [1.165, 1.54) is 12.3 Å². The number of rotatable bonds is 1. The molecule has 0 saturated carbocycles. The van der Waals surface area contributed by atoms with Crippen molar-refractivity contribution in [2.45, 2.75) is 0 Å². The highest BCUT2D eigenvalue weighted by molar-refractivity contribution is 5.80. The summed E-state index contributed by atoms with van der Waals surface area (Å²) in [6.07, 6.45) is 2.96. The first-order valence-corrected chi connectivity index (χ1v) is 3.97.